The van der Waals surface area contributed by atoms with E-state index in [2.05, 4.69) is 4.98 Å². The topological polar surface area (TPSA) is 33.2 Å². The molecule has 0 aromatic carbocycles. The van der Waals surface area contributed by atoms with Gasteiger partial charge >= 0.3 is 0 Å². The lowest BCUT2D eigenvalue weighted by molar-refractivity contribution is -0.116. The number of amides is 1. The van der Waals surface area contributed by atoms with Gasteiger partial charge in [0.1, 0.15) is 11.7 Å². The van der Waals surface area contributed by atoms with Crippen molar-refractivity contribution in [3.8, 4) is 0 Å². The van der Waals surface area contributed by atoms with Crippen LogP contribution in [0.1, 0.15) is 0 Å². The molecule has 1 amide bonds. The first-order valence-electron chi connectivity index (χ1n) is 3.49. The van der Waals surface area contributed by atoms with Gasteiger partial charge in [-0.05, 0) is 12.1 Å². The van der Waals surface area contributed by atoms with E-state index in [-0.39, 0.29) is 11.8 Å². The number of anilines is 1. The summed E-state index contributed by atoms with van der Waals surface area (Å²) in [5.41, 5.74) is 0. The highest BCUT2D eigenvalue weighted by Crippen LogP contribution is 2.06. The van der Waals surface area contributed by atoms with Crippen LogP contribution >= 0.6 is 11.6 Å². The summed E-state index contributed by atoms with van der Waals surface area (Å²) in [6.07, 6.45) is 1.63. The quantitative estimate of drug-likeness (QED) is 0.649. The minimum atomic E-state index is -0.157. The molecule has 0 unspecified atom stereocenters. The highest BCUT2D eigenvalue weighted by Gasteiger charge is 2.08. The van der Waals surface area contributed by atoms with Crippen LogP contribution in [0.5, 0.6) is 0 Å². The van der Waals surface area contributed by atoms with Gasteiger partial charge in [-0.3, -0.25) is 9.69 Å². The van der Waals surface area contributed by atoms with Gasteiger partial charge in [-0.25, -0.2) is 4.98 Å². The summed E-state index contributed by atoms with van der Waals surface area (Å²) >= 11 is 5.38. The number of rotatable bonds is 2. The number of nitrogens with zero attached hydrogens (tertiary/aromatic N) is 2. The van der Waals surface area contributed by atoms with Crippen LogP contribution < -0.4 is 4.90 Å². The minimum Gasteiger partial charge on any atom is -0.299 e. The van der Waals surface area contributed by atoms with Gasteiger partial charge in [0, 0.05) is 13.2 Å². The maximum absolute atomic E-state index is 11.1. The van der Waals surface area contributed by atoms with E-state index in [1.165, 1.54) is 4.90 Å². The first-order valence-corrected chi connectivity index (χ1v) is 4.02. The molecule has 0 radical (unpaired) electrons. The number of pyridine rings is 1. The molecule has 0 aliphatic carbocycles. The highest BCUT2D eigenvalue weighted by molar-refractivity contribution is 6.29. The second-order valence-corrected chi connectivity index (χ2v) is 2.54. The van der Waals surface area contributed by atoms with Crippen LogP contribution in [-0.2, 0) is 4.79 Å². The van der Waals surface area contributed by atoms with Crippen LogP contribution in [0.15, 0.2) is 24.4 Å². The van der Waals surface area contributed by atoms with Crippen molar-refractivity contribution in [2.75, 3.05) is 17.8 Å². The van der Waals surface area contributed by atoms with Crippen molar-refractivity contribution in [2.45, 2.75) is 0 Å². The van der Waals surface area contributed by atoms with Gasteiger partial charge in [0.05, 0.1) is 0 Å². The zero-order valence-corrected chi connectivity index (χ0v) is 7.45. The number of carbonyl (C=O) groups is 1. The van der Waals surface area contributed by atoms with Gasteiger partial charge in [-0.1, -0.05) is 6.07 Å². The fourth-order valence-electron chi connectivity index (χ4n) is 0.770. The molecule has 1 aromatic heterocycles. The molecular formula is C8H9ClN2O. The van der Waals surface area contributed by atoms with Gasteiger partial charge < -0.3 is 0 Å². The molecule has 1 aromatic rings. The van der Waals surface area contributed by atoms with E-state index in [1.54, 1.807) is 25.4 Å². The van der Waals surface area contributed by atoms with E-state index in [1.807, 2.05) is 6.07 Å². The SMILES string of the molecule is CN(C(=O)CCl)c1ccccn1. The van der Waals surface area contributed by atoms with Crippen LogP contribution in [0.25, 0.3) is 0 Å². The molecule has 12 heavy (non-hydrogen) atoms. The Labute approximate surface area is 76.0 Å². The Kier molecular flexibility index (Phi) is 3.05. The zero-order valence-electron chi connectivity index (χ0n) is 6.70. The molecule has 0 fully saturated rings. The molecule has 3 nitrogen and oxygen atoms in total. The van der Waals surface area contributed by atoms with Crippen molar-refractivity contribution < 1.29 is 4.79 Å². The van der Waals surface area contributed by atoms with Gasteiger partial charge in [0.2, 0.25) is 5.91 Å². The Balaban J connectivity index is 2.78. The van der Waals surface area contributed by atoms with Gasteiger partial charge in [0.15, 0.2) is 0 Å². The van der Waals surface area contributed by atoms with Crippen molar-refractivity contribution in [2.24, 2.45) is 0 Å². The van der Waals surface area contributed by atoms with E-state index in [0.29, 0.717) is 5.82 Å². The average Bonchev–Trinajstić information content (AvgIpc) is 2.17. The number of alkyl halides is 1. The number of halogens is 1. The fourth-order valence-corrected chi connectivity index (χ4v) is 0.949. The molecule has 0 saturated carbocycles. The third kappa shape index (κ3) is 1.95. The van der Waals surface area contributed by atoms with E-state index < -0.39 is 0 Å². The van der Waals surface area contributed by atoms with Crippen molar-refractivity contribution in [1.82, 2.24) is 4.98 Å². The van der Waals surface area contributed by atoms with E-state index in [9.17, 15) is 4.79 Å². The smallest absolute Gasteiger partial charge is 0.242 e. The fraction of sp³-hybridized carbons (Fsp3) is 0.250. The van der Waals surface area contributed by atoms with Crippen LogP contribution in [0.2, 0.25) is 0 Å². The lowest BCUT2D eigenvalue weighted by Gasteiger charge is -2.13. The lowest BCUT2D eigenvalue weighted by Crippen LogP contribution is -2.27. The minimum absolute atomic E-state index is 0.0208. The highest BCUT2D eigenvalue weighted by atomic mass is 35.5. The molecule has 0 aliphatic rings. The molecular weight excluding hydrogens is 176 g/mol. The molecule has 4 heteroatoms. The zero-order chi connectivity index (χ0) is 8.97. The van der Waals surface area contributed by atoms with Crippen molar-refractivity contribution in [3.05, 3.63) is 24.4 Å². The van der Waals surface area contributed by atoms with Crippen molar-refractivity contribution >= 4 is 23.3 Å². The predicted octanol–water partition coefficient (Wildman–Crippen LogP) is 1.28. The first-order chi connectivity index (χ1) is 5.75. The standard InChI is InChI=1S/C8H9ClN2O/c1-11(8(12)6-9)7-4-2-3-5-10-7/h2-5H,6H2,1H3. The maximum atomic E-state index is 11.1. The maximum Gasteiger partial charge on any atom is 0.242 e. The van der Waals surface area contributed by atoms with Crippen LogP contribution in [0.4, 0.5) is 5.82 Å². The Bertz CT molecular complexity index is 263. The lowest BCUT2D eigenvalue weighted by atomic mass is 10.4. The molecule has 0 aliphatic heterocycles. The summed E-state index contributed by atoms with van der Waals surface area (Å²) in [6, 6.07) is 5.37. The summed E-state index contributed by atoms with van der Waals surface area (Å²) in [5, 5.41) is 0. The number of hydrogen-bond acceptors (Lipinski definition) is 2. The van der Waals surface area contributed by atoms with Gasteiger partial charge in [-0.15, -0.1) is 11.6 Å². The number of carbonyl (C=O) groups excluding carboxylic acids is 1. The molecule has 0 N–H and O–H groups in total. The molecule has 1 rings (SSSR count). The Morgan fingerprint density at radius 3 is 2.92 bits per heavy atom. The Hall–Kier alpha value is -1.09. The summed E-state index contributed by atoms with van der Waals surface area (Å²) in [6.45, 7) is 0. The normalized spacial score (nSPS) is 9.50. The Morgan fingerprint density at radius 2 is 2.42 bits per heavy atom. The van der Waals surface area contributed by atoms with E-state index in [4.69, 9.17) is 11.6 Å². The number of hydrogen-bond donors (Lipinski definition) is 0. The number of aromatic nitrogens is 1. The molecule has 0 spiro atoms. The third-order valence-electron chi connectivity index (χ3n) is 1.48. The molecule has 0 saturated heterocycles. The van der Waals surface area contributed by atoms with E-state index >= 15 is 0 Å². The van der Waals surface area contributed by atoms with Gasteiger partial charge in [-0.2, -0.15) is 0 Å². The summed E-state index contributed by atoms with van der Waals surface area (Å²) < 4.78 is 0. The van der Waals surface area contributed by atoms with Crippen LogP contribution in [-0.4, -0.2) is 23.8 Å². The third-order valence-corrected chi connectivity index (χ3v) is 1.71. The van der Waals surface area contributed by atoms with Crippen molar-refractivity contribution in [3.63, 3.8) is 0 Å². The molecule has 1 heterocycles. The molecule has 0 bridgehead atoms. The first kappa shape index (κ1) is 9.00. The largest absolute Gasteiger partial charge is 0.299 e. The average molecular weight is 185 g/mol. The second-order valence-electron chi connectivity index (χ2n) is 2.27. The summed E-state index contributed by atoms with van der Waals surface area (Å²) in [5.74, 6) is 0.436. The van der Waals surface area contributed by atoms with Gasteiger partial charge in [0.25, 0.3) is 0 Å². The predicted molar refractivity (Wildman–Crippen MR) is 48.4 cm³/mol. The monoisotopic (exact) mass is 184 g/mol. The van der Waals surface area contributed by atoms with E-state index in [0.717, 1.165) is 0 Å². The summed E-state index contributed by atoms with van der Waals surface area (Å²) in [4.78, 5) is 16.5. The van der Waals surface area contributed by atoms with Crippen LogP contribution in [0, 0.1) is 0 Å². The Morgan fingerprint density at radius 1 is 1.67 bits per heavy atom. The van der Waals surface area contributed by atoms with Crippen molar-refractivity contribution in [1.29, 1.82) is 0 Å². The molecule has 64 valence electrons. The molecule has 0 atom stereocenters. The van der Waals surface area contributed by atoms with Crippen LogP contribution in [0.3, 0.4) is 0 Å². The summed E-state index contributed by atoms with van der Waals surface area (Å²) in [7, 11) is 1.65. The second kappa shape index (κ2) is 4.07.